The molecule has 4 N–H and O–H groups in total. The zero-order valence-electron chi connectivity index (χ0n) is 13.4. The van der Waals surface area contributed by atoms with Gasteiger partial charge in [-0.25, -0.2) is 0 Å². The van der Waals surface area contributed by atoms with Crippen LogP contribution in [0.5, 0.6) is 0 Å². The number of nitrogens with two attached hydrogens (primary N) is 1. The molecule has 0 bridgehead atoms. The Hall–Kier alpha value is -2.92. The molecule has 0 saturated carbocycles. The van der Waals surface area contributed by atoms with Crippen molar-refractivity contribution in [1.29, 1.82) is 0 Å². The summed E-state index contributed by atoms with van der Waals surface area (Å²) in [5, 5.41) is 12.7. The minimum atomic E-state index is -0.998. The van der Waals surface area contributed by atoms with Crippen LogP contribution in [0.4, 0.5) is 0 Å². The number of aliphatic hydroxyl groups excluding tert-OH is 1. The lowest BCUT2D eigenvalue weighted by Crippen LogP contribution is -2.28. The van der Waals surface area contributed by atoms with Crippen molar-refractivity contribution in [1.82, 2.24) is 5.32 Å². The van der Waals surface area contributed by atoms with Crippen LogP contribution < -0.4 is 11.1 Å². The Bertz CT molecular complexity index is 740. The lowest BCUT2D eigenvalue weighted by atomic mass is 9.96. The number of nitrogens with one attached hydrogen (secondary N) is 1. The first-order valence-electron chi connectivity index (χ1n) is 7.58. The van der Waals surface area contributed by atoms with Gasteiger partial charge in [0.15, 0.2) is 5.78 Å². The second-order valence-corrected chi connectivity index (χ2v) is 5.29. The lowest BCUT2D eigenvalue weighted by Gasteiger charge is -2.14. The average Bonchev–Trinajstić information content (AvgIpc) is 2.63. The number of hydrogen-bond acceptors (Lipinski definition) is 4. The van der Waals surface area contributed by atoms with Gasteiger partial charge in [-0.15, -0.1) is 0 Å². The van der Waals surface area contributed by atoms with Crippen LogP contribution in [-0.2, 0) is 9.59 Å². The minimum Gasteiger partial charge on any atom is -0.397 e. The molecule has 2 aromatic rings. The Morgan fingerprint density at radius 1 is 1.04 bits per heavy atom. The van der Waals surface area contributed by atoms with Crippen LogP contribution in [0.3, 0.4) is 0 Å². The second kappa shape index (κ2) is 8.08. The summed E-state index contributed by atoms with van der Waals surface area (Å²) in [5.74, 6) is -1.08. The Morgan fingerprint density at radius 2 is 1.58 bits per heavy atom. The summed E-state index contributed by atoms with van der Waals surface area (Å²) in [5.41, 5.74) is 7.20. The van der Waals surface area contributed by atoms with Gasteiger partial charge in [-0.05, 0) is 11.1 Å². The van der Waals surface area contributed by atoms with E-state index in [9.17, 15) is 14.7 Å². The van der Waals surface area contributed by atoms with Crippen LogP contribution >= 0.6 is 0 Å². The molecule has 2 rings (SSSR count). The molecule has 2 aromatic carbocycles. The third kappa shape index (κ3) is 4.08. The van der Waals surface area contributed by atoms with E-state index in [2.05, 4.69) is 5.32 Å². The third-order valence-electron chi connectivity index (χ3n) is 3.65. The smallest absolute Gasteiger partial charge is 0.256 e. The van der Waals surface area contributed by atoms with E-state index in [4.69, 9.17) is 5.73 Å². The maximum atomic E-state index is 12.6. The minimum absolute atomic E-state index is 0.0974. The van der Waals surface area contributed by atoms with Crippen molar-refractivity contribution in [2.45, 2.75) is 12.5 Å². The number of aliphatic hydroxyl groups is 1. The SMILES string of the molecule is CNC(=O)/C(C(=O)CC(O)c1ccccc1)=C(\N)c1ccccc1. The van der Waals surface area contributed by atoms with Crippen molar-refractivity contribution in [3.05, 3.63) is 77.4 Å². The van der Waals surface area contributed by atoms with E-state index in [-0.39, 0.29) is 17.7 Å². The van der Waals surface area contributed by atoms with Gasteiger partial charge >= 0.3 is 0 Å². The molecule has 5 heteroatoms. The first kappa shape index (κ1) is 17.4. The van der Waals surface area contributed by atoms with E-state index in [1.807, 2.05) is 12.1 Å². The summed E-state index contributed by atoms with van der Waals surface area (Å²) in [6, 6.07) is 17.6. The molecule has 1 amide bonds. The molecule has 0 fully saturated rings. The van der Waals surface area contributed by atoms with Crippen LogP contribution in [-0.4, -0.2) is 23.8 Å². The Labute approximate surface area is 140 Å². The van der Waals surface area contributed by atoms with E-state index >= 15 is 0 Å². The zero-order valence-corrected chi connectivity index (χ0v) is 13.4. The van der Waals surface area contributed by atoms with Crippen molar-refractivity contribution in [3.63, 3.8) is 0 Å². The second-order valence-electron chi connectivity index (χ2n) is 5.29. The van der Waals surface area contributed by atoms with E-state index in [0.29, 0.717) is 11.1 Å². The number of ketones is 1. The summed E-state index contributed by atoms with van der Waals surface area (Å²) >= 11 is 0. The van der Waals surface area contributed by atoms with E-state index in [0.717, 1.165) is 0 Å². The highest BCUT2D eigenvalue weighted by Crippen LogP contribution is 2.21. The Balaban J connectivity index is 2.31. The van der Waals surface area contributed by atoms with Gasteiger partial charge in [-0.3, -0.25) is 9.59 Å². The molecular weight excluding hydrogens is 304 g/mol. The number of carbonyl (C=O) groups excluding carboxylic acids is 2. The standard InChI is InChI=1S/C19H20N2O3/c1-21-19(24)17(18(20)14-10-6-3-7-11-14)16(23)12-15(22)13-8-4-2-5-9-13/h2-11,15,22H,12,20H2,1H3,(H,21,24)/b18-17-. The molecule has 5 nitrogen and oxygen atoms in total. The highest BCUT2D eigenvalue weighted by atomic mass is 16.3. The predicted octanol–water partition coefficient (Wildman–Crippen LogP) is 1.80. The molecule has 0 heterocycles. The topological polar surface area (TPSA) is 92.4 Å². The number of rotatable bonds is 6. The monoisotopic (exact) mass is 324 g/mol. The summed E-state index contributed by atoms with van der Waals surface area (Å²) < 4.78 is 0. The number of amides is 1. The fourth-order valence-corrected chi connectivity index (χ4v) is 2.36. The zero-order chi connectivity index (χ0) is 17.5. The van der Waals surface area contributed by atoms with Crippen molar-refractivity contribution in [2.24, 2.45) is 5.73 Å². The first-order valence-corrected chi connectivity index (χ1v) is 7.58. The van der Waals surface area contributed by atoms with E-state index in [1.165, 1.54) is 7.05 Å². The highest BCUT2D eigenvalue weighted by molar-refractivity contribution is 6.24. The average molecular weight is 324 g/mol. The van der Waals surface area contributed by atoms with Crippen molar-refractivity contribution in [3.8, 4) is 0 Å². The van der Waals surface area contributed by atoms with Gasteiger partial charge in [0.2, 0.25) is 0 Å². The molecule has 0 spiro atoms. The fourth-order valence-electron chi connectivity index (χ4n) is 2.36. The van der Waals surface area contributed by atoms with Gasteiger partial charge < -0.3 is 16.2 Å². The molecule has 0 aliphatic carbocycles. The van der Waals surface area contributed by atoms with Crippen molar-refractivity contribution in [2.75, 3.05) is 7.05 Å². The molecule has 124 valence electrons. The first-order chi connectivity index (χ1) is 11.5. The quantitative estimate of drug-likeness (QED) is 0.429. The van der Waals surface area contributed by atoms with Crippen molar-refractivity contribution < 1.29 is 14.7 Å². The van der Waals surface area contributed by atoms with Crippen LogP contribution in [0.1, 0.15) is 23.7 Å². The van der Waals surface area contributed by atoms with Gasteiger partial charge in [-0.1, -0.05) is 60.7 Å². The van der Waals surface area contributed by atoms with Gasteiger partial charge in [0.1, 0.15) is 5.57 Å². The largest absolute Gasteiger partial charge is 0.397 e. The molecule has 24 heavy (non-hydrogen) atoms. The fraction of sp³-hybridized carbons (Fsp3) is 0.158. The highest BCUT2D eigenvalue weighted by Gasteiger charge is 2.24. The van der Waals surface area contributed by atoms with Gasteiger partial charge in [-0.2, -0.15) is 0 Å². The number of benzene rings is 2. The normalized spacial score (nSPS) is 12.9. The molecule has 0 aliphatic heterocycles. The Kier molecular flexibility index (Phi) is 5.87. The van der Waals surface area contributed by atoms with Crippen LogP contribution in [0.2, 0.25) is 0 Å². The third-order valence-corrected chi connectivity index (χ3v) is 3.65. The number of Topliss-reactive ketones (excluding diaryl/α,β-unsaturated/α-hetero) is 1. The van der Waals surface area contributed by atoms with E-state index < -0.39 is 17.8 Å². The van der Waals surface area contributed by atoms with Gasteiger partial charge in [0.05, 0.1) is 11.8 Å². The van der Waals surface area contributed by atoms with Crippen LogP contribution in [0.15, 0.2) is 66.2 Å². The molecular formula is C19H20N2O3. The summed E-state index contributed by atoms with van der Waals surface area (Å²) in [6.07, 6.45) is -1.22. The van der Waals surface area contributed by atoms with Crippen molar-refractivity contribution >= 4 is 17.4 Å². The lowest BCUT2D eigenvalue weighted by molar-refractivity contribution is -0.123. The summed E-state index contributed by atoms with van der Waals surface area (Å²) in [7, 11) is 1.43. The molecule has 0 aromatic heterocycles. The molecule has 1 unspecified atom stereocenters. The van der Waals surface area contributed by atoms with Gasteiger partial charge in [0.25, 0.3) is 5.91 Å². The molecule has 1 atom stereocenters. The maximum Gasteiger partial charge on any atom is 0.256 e. The van der Waals surface area contributed by atoms with Crippen LogP contribution in [0, 0.1) is 0 Å². The number of likely N-dealkylation sites (N-methyl/N-ethyl adjacent to an activating group) is 1. The predicted molar refractivity (Wildman–Crippen MR) is 92.6 cm³/mol. The maximum absolute atomic E-state index is 12.6. The Morgan fingerprint density at radius 3 is 2.12 bits per heavy atom. The summed E-state index contributed by atoms with van der Waals surface area (Å²) in [6.45, 7) is 0. The van der Waals surface area contributed by atoms with Crippen LogP contribution in [0.25, 0.3) is 5.70 Å². The molecule has 0 radical (unpaired) electrons. The number of carbonyl (C=O) groups is 2. The molecule has 0 saturated heterocycles. The number of hydrogen-bond donors (Lipinski definition) is 3. The molecule has 0 aliphatic rings. The summed E-state index contributed by atoms with van der Waals surface area (Å²) in [4.78, 5) is 24.7. The van der Waals surface area contributed by atoms with Gasteiger partial charge in [0, 0.05) is 13.5 Å². The van der Waals surface area contributed by atoms with E-state index in [1.54, 1.807) is 48.5 Å².